The summed E-state index contributed by atoms with van der Waals surface area (Å²) in [5, 5.41) is 0. The summed E-state index contributed by atoms with van der Waals surface area (Å²) >= 11 is 0. The summed E-state index contributed by atoms with van der Waals surface area (Å²) in [6.45, 7) is 9.92. The Hall–Kier alpha value is 0.110. The van der Waals surface area contributed by atoms with E-state index in [4.69, 9.17) is 13.6 Å². The SMILES string of the molecule is CCOP(=O)(OC)OC(C)C(C)(C)C. The van der Waals surface area contributed by atoms with Gasteiger partial charge in [0.05, 0.1) is 12.7 Å². The maximum absolute atomic E-state index is 11.8. The van der Waals surface area contributed by atoms with Gasteiger partial charge in [0.2, 0.25) is 0 Å². The fraction of sp³-hybridized carbons (Fsp3) is 1.00. The third-order valence-electron chi connectivity index (χ3n) is 2.02. The molecule has 0 saturated carbocycles. The minimum absolute atomic E-state index is 0.0920. The molecule has 5 heteroatoms. The average molecular weight is 224 g/mol. The highest BCUT2D eigenvalue weighted by atomic mass is 31.2. The van der Waals surface area contributed by atoms with Gasteiger partial charge < -0.3 is 0 Å². The van der Waals surface area contributed by atoms with Crippen LogP contribution in [-0.4, -0.2) is 19.8 Å². The quantitative estimate of drug-likeness (QED) is 0.672. The lowest BCUT2D eigenvalue weighted by Gasteiger charge is -2.29. The topological polar surface area (TPSA) is 44.8 Å². The summed E-state index contributed by atoms with van der Waals surface area (Å²) in [5.74, 6) is 0. The highest BCUT2D eigenvalue weighted by molar-refractivity contribution is 7.48. The van der Waals surface area contributed by atoms with E-state index in [1.807, 2.05) is 27.7 Å². The Morgan fingerprint density at radius 1 is 1.36 bits per heavy atom. The smallest absolute Gasteiger partial charge is 0.290 e. The monoisotopic (exact) mass is 224 g/mol. The van der Waals surface area contributed by atoms with Crippen LogP contribution < -0.4 is 0 Å². The maximum atomic E-state index is 11.8. The molecule has 0 saturated heterocycles. The third-order valence-corrected chi connectivity index (χ3v) is 3.61. The van der Waals surface area contributed by atoms with Gasteiger partial charge in [-0.15, -0.1) is 0 Å². The van der Waals surface area contributed by atoms with Crippen LogP contribution >= 0.6 is 7.82 Å². The van der Waals surface area contributed by atoms with Crippen molar-refractivity contribution in [3.8, 4) is 0 Å². The van der Waals surface area contributed by atoms with Gasteiger partial charge in [0.15, 0.2) is 0 Å². The summed E-state index contributed by atoms with van der Waals surface area (Å²) in [4.78, 5) is 0. The normalized spacial score (nSPS) is 19.0. The number of hydrogen-bond donors (Lipinski definition) is 0. The average Bonchev–Trinajstić information content (AvgIpc) is 2.03. The maximum Gasteiger partial charge on any atom is 0.474 e. The summed E-state index contributed by atoms with van der Waals surface area (Å²) in [5.41, 5.74) is -0.0920. The van der Waals surface area contributed by atoms with Gasteiger partial charge in [-0.25, -0.2) is 4.57 Å². The second kappa shape index (κ2) is 5.26. The van der Waals surface area contributed by atoms with Crippen LogP contribution in [0.15, 0.2) is 0 Å². The van der Waals surface area contributed by atoms with Crippen LogP contribution in [0.5, 0.6) is 0 Å². The van der Waals surface area contributed by atoms with Crippen molar-refractivity contribution in [2.45, 2.75) is 40.7 Å². The van der Waals surface area contributed by atoms with Crippen molar-refractivity contribution in [2.75, 3.05) is 13.7 Å². The molecule has 0 rings (SSSR count). The highest BCUT2D eigenvalue weighted by Gasteiger charge is 2.32. The third kappa shape index (κ3) is 4.56. The van der Waals surface area contributed by atoms with E-state index in [0.29, 0.717) is 6.61 Å². The lowest BCUT2D eigenvalue weighted by atomic mass is 9.91. The fourth-order valence-corrected chi connectivity index (χ4v) is 1.91. The predicted octanol–water partition coefficient (Wildman–Crippen LogP) is 3.23. The Balaban J connectivity index is 4.39. The predicted molar refractivity (Wildman–Crippen MR) is 56.2 cm³/mol. The van der Waals surface area contributed by atoms with Crippen LogP contribution in [0.4, 0.5) is 0 Å². The van der Waals surface area contributed by atoms with Gasteiger partial charge in [0.1, 0.15) is 0 Å². The van der Waals surface area contributed by atoms with Crippen LogP contribution in [0.2, 0.25) is 0 Å². The zero-order valence-corrected chi connectivity index (χ0v) is 10.8. The van der Waals surface area contributed by atoms with Gasteiger partial charge in [-0.1, -0.05) is 20.8 Å². The molecule has 0 spiro atoms. The highest BCUT2D eigenvalue weighted by Crippen LogP contribution is 2.51. The van der Waals surface area contributed by atoms with Crippen LogP contribution in [0, 0.1) is 5.41 Å². The molecular formula is C9H21O4P. The van der Waals surface area contributed by atoms with E-state index in [0.717, 1.165) is 0 Å². The standard InChI is InChI=1S/C9H21O4P/c1-7-12-14(10,11-6)13-8(2)9(3,4)5/h8H,7H2,1-6H3. The molecule has 0 aliphatic heterocycles. The molecule has 0 aromatic rings. The zero-order chi connectivity index (χ0) is 11.4. The van der Waals surface area contributed by atoms with E-state index in [-0.39, 0.29) is 11.5 Å². The van der Waals surface area contributed by atoms with Gasteiger partial charge in [0.25, 0.3) is 0 Å². The second-order valence-electron chi connectivity index (χ2n) is 4.16. The van der Waals surface area contributed by atoms with Crippen LogP contribution in [0.25, 0.3) is 0 Å². The number of phosphoric acid groups is 1. The number of phosphoric ester groups is 1. The zero-order valence-electron chi connectivity index (χ0n) is 9.86. The van der Waals surface area contributed by atoms with Gasteiger partial charge in [-0.2, -0.15) is 0 Å². The molecule has 0 amide bonds. The number of hydrogen-bond acceptors (Lipinski definition) is 4. The fourth-order valence-electron chi connectivity index (χ4n) is 0.636. The molecule has 0 N–H and O–H groups in total. The Labute approximate surface area is 86.5 Å². The van der Waals surface area contributed by atoms with Crippen molar-refractivity contribution in [1.82, 2.24) is 0 Å². The Morgan fingerprint density at radius 3 is 2.14 bits per heavy atom. The molecule has 0 aromatic heterocycles. The first-order chi connectivity index (χ1) is 6.25. The molecule has 2 atom stereocenters. The summed E-state index contributed by atoms with van der Waals surface area (Å²) in [6.07, 6.45) is -0.195. The molecule has 86 valence electrons. The Morgan fingerprint density at radius 2 is 1.86 bits per heavy atom. The molecular weight excluding hydrogens is 203 g/mol. The van der Waals surface area contributed by atoms with Crippen molar-refractivity contribution in [3.63, 3.8) is 0 Å². The largest absolute Gasteiger partial charge is 0.474 e. The molecule has 0 fully saturated rings. The second-order valence-corrected chi connectivity index (χ2v) is 5.89. The molecule has 14 heavy (non-hydrogen) atoms. The first-order valence-electron chi connectivity index (χ1n) is 4.74. The van der Waals surface area contributed by atoms with Gasteiger partial charge in [-0.05, 0) is 19.3 Å². The van der Waals surface area contributed by atoms with E-state index in [9.17, 15) is 4.57 Å². The summed E-state index contributed by atoms with van der Waals surface area (Å²) in [6, 6.07) is 0. The van der Waals surface area contributed by atoms with E-state index in [1.165, 1.54) is 7.11 Å². The van der Waals surface area contributed by atoms with Crippen molar-refractivity contribution in [3.05, 3.63) is 0 Å². The van der Waals surface area contributed by atoms with E-state index < -0.39 is 7.82 Å². The van der Waals surface area contributed by atoms with Gasteiger partial charge in [0, 0.05) is 7.11 Å². The summed E-state index contributed by atoms with van der Waals surface area (Å²) in [7, 11) is -2.03. The Bertz CT molecular complexity index is 209. The van der Waals surface area contributed by atoms with E-state index in [2.05, 4.69) is 0 Å². The molecule has 2 unspecified atom stereocenters. The van der Waals surface area contributed by atoms with Crippen molar-refractivity contribution >= 4 is 7.82 Å². The lowest BCUT2D eigenvalue weighted by molar-refractivity contribution is 0.0458. The minimum atomic E-state index is -3.35. The Kier molecular flexibility index (Phi) is 5.31. The molecule has 0 radical (unpaired) electrons. The van der Waals surface area contributed by atoms with Crippen molar-refractivity contribution < 1.29 is 18.1 Å². The van der Waals surface area contributed by atoms with E-state index >= 15 is 0 Å². The lowest BCUT2D eigenvalue weighted by Crippen LogP contribution is -2.25. The minimum Gasteiger partial charge on any atom is -0.290 e. The van der Waals surface area contributed by atoms with Crippen LogP contribution in [0.1, 0.15) is 34.6 Å². The molecule has 4 nitrogen and oxygen atoms in total. The van der Waals surface area contributed by atoms with Gasteiger partial charge >= 0.3 is 7.82 Å². The molecule has 0 heterocycles. The van der Waals surface area contributed by atoms with E-state index in [1.54, 1.807) is 6.92 Å². The first-order valence-corrected chi connectivity index (χ1v) is 6.20. The first kappa shape index (κ1) is 14.1. The molecule has 0 aliphatic carbocycles. The number of rotatable bonds is 5. The van der Waals surface area contributed by atoms with Crippen molar-refractivity contribution in [1.29, 1.82) is 0 Å². The van der Waals surface area contributed by atoms with Crippen molar-refractivity contribution in [2.24, 2.45) is 5.41 Å². The molecule has 0 aliphatic rings. The molecule has 0 aromatic carbocycles. The van der Waals surface area contributed by atoms with Crippen LogP contribution in [-0.2, 0) is 18.1 Å². The van der Waals surface area contributed by atoms with Gasteiger partial charge in [-0.3, -0.25) is 13.6 Å². The summed E-state index contributed by atoms with van der Waals surface area (Å²) < 4.78 is 26.8. The van der Waals surface area contributed by atoms with Crippen LogP contribution in [0.3, 0.4) is 0 Å². The molecule has 0 bridgehead atoms.